The number of aromatic nitrogens is 1. The standard InChI is InChI=1S/C17H19NO/c1-3-13-4-6-16-14(11-13)5-7-17(18-16)15-8-9-19-12(2)10-15/h3-7,11-12,15H,1,8-10H2,2H3/t12-,15?/m0/s1. The highest BCUT2D eigenvalue weighted by Gasteiger charge is 2.21. The lowest BCUT2D eigenvalue weighted by atomic mass is 9.92. The Morgan fingerprint density at radius 1 is 1.32 bits per heavy atom. The van der Waals surface area contributed by atoms with Crippen molar-refractivity contribution in [2.75, 3.05) is 6.61 Å². The number of fused-ring (bicyclic) bond motifs is 1. The Balaban J connectivity index is 1.95. The minimum absolute atomic E-state index is 0.347. The number of rotatable bonds is 2. The van der Waals surface area contributed by atoms with Gasteiger partial charge >= 0.3 is 0 Å². The van der Waals surface area contributed by atoms with E-state index in [1.165, 1.54) is 11.1 Å². The van der Waals surface area contributed by atoms with E-state index in [2.05, 4.69) is 43.8 Å². The van der Waals surface area contributed by atoms with Gasteiger partial charge in [0.2, 0.25) is 0 Å². The summed E-state index contributed by atoms with van der Waals surface area (Å²) < 4.78 is 5.61. The summed E-state index contributed by atoms with van der Waals surface area (Å²) in [7, 11) is 0. The topological polar surface area (TPSA) is 22.1 Å². The van der Waals surface area contributed by atoms with E-state index in [1.807, 2.05) is 6.08 Å². The van der Waals surface area contributed by atoms with Gasteiger partial charge in [-0.2, -0.15) is 0 Å². The second-order valence-electron chi connectivity index (χ2n) is 5.30. The molecule has 98 valence electrons. The molecule has 0 saturated carbocycles. The zero-order valence-corrected chi connectivity index (χ0v) is 11.3. The monoisotopic (exact) mass is 253 g/mol. The van der Waals surface area contributed by atoms with Crippen LogP contribution in [0.2, 0.25) is 0 Å². The quantitative estimate of drug-likeness (QED) is 0.801. The number of hydrogen-bond acceptors (Lipinski definition) is 2. The second kappa shape index (κ2) is 5.14. The van der Waals surface area contributed by atoms with Crippen molar-refractivity contribution >= 4 is 17.0 Å². The van der Waals surface area contributed by atoms with Crippen LogP contribution in [0.5, 0.6) is 0 Å². The molecule has 19 heavy (non-hydrogen) atoms. The molecule has 2 heterocycles. The van der Waals surface area contributed by atoms with Gasteiger partial charge < -0.3 is 4.74 Å². The predicted octanol–water partition coefficient (Wildman–Crippen LogP) is 4.16. The van der Waals surface area contributed by atoms with Gasteiger partial charge in [0.05, 0.1) is 11.6 Å². The van der Waals surface area contributed by atoms with Gasteiger partial charge in [0.15, 0.2) is 0 Å². The van der Waals surface area contributed by atoms with E-state index in [0.29, 0.717) is 12.0 Å². The third kappa shape index (κ3) is 2.54. The van der Waals surface area contributed by atoms with Crippen molar-refractivity contribution in [2.45, 2.75) is 31.8 Å². The largest absolute Gasteiger partial charge is 0.378 e. The predicted molar refractivity (Wildman–Crippen MR) is 79.2 cm³/mol. The van der Waals surface area contributed by atoms with Crippen LogP contribution < -0.4 is 0 Å². The van der Waals surface area contributed by atoms with Crippen LogP contribution in [0.3, 0.4) is 0 Å². The van der Waals surface area contributed by atoms with Crippen LogP contribution in [0.1, 0.15) is 36.9 Å². The van der Waals surface area contributed by atoms with Crippen molar-refractivity contribution < 1.29 is 4.74 Å². The van der Waals surface area contributed by atoms with Crippen LogP contribution in [0.25, 0.3) is 17.0 Å². The molecule has 2 aromatic rings. The molecule has 0 N–H and O–H groups in total. The van der Waals surface area contributed by atoms with Crippen LogP contribution in [-0.2, 0) is 4.74 Å². The smallest absolute Gasteiger partial charge is 0.0705 e. The van der Waals surface area contributed by atoms with Crippen molar-refractivity contribution in [3.05, 3.63) is 48.2 Å². The molecule has 0 bridgehead atoms. The van der Waals surface area contributed by atoms with Crippen molar-refractivity contribution in [1.29, 1.82) is 0 Å². The number of pyridine rings is 1. The van der Waals surface area contributed by atoms with Crippen molar-refractivity contribution in [3.63, 3.8) is 0 Å². The van der Waals surface area contributed by atoms with E-state index in [1.54, 1.807) is 0 Å². The first-order valence-corrected chi connectivity index (χ1v) is 6.91. The summed E-state index contributed by atoms with van der Waals surface area (Å²) in [6.45, 7) is 6.79. The van der Waals surface area contributed by atoms with E-state index < -0.39 is 0 Å². The molecule has 1 aliphatic heterocycles. The number of ether oxygens (including phenoxy) is 1. The lowest BCUT2D eigenvalue weighted by Gasteiger charge is -2.26. The third-order valence-electron chi connectivity index (χ3n) is 3.87. The first kappa shape index (κ1) is 12.4. The molecule has 2 heteroatoms. The van der Waals surface area contributed by atoms with E-state index in [4.69, 9.17) is 9.72 Å². The fourth-order valence-corrected chi connectivity index (χ4v) is 2.78. The zero-order valence-electron chi connectivity index (χ0n) is 11.3. The van der Waals surface area contributed by atoms with Crippen LogP contribution >= 0.6 is 0 Å². The summed E-state index contributed by atoms with van der Waals surface area (Å²) in [5.41, 5.74) is 3.41. The molecule has 1 aromatic carbocycles. The Hall–Kier alpha value is -1.67. The number of hydrogen-bond donors (Lipinski definition) is 0. The highest BCUT2D eigenvalue weighted by Crippen LogP contribution is 2.30. The molecule has 1 fully saturated rings. The first-order chi connectivity index (χ1) is 9.26. The summed E-state index contributed by atoms with van der Waals surface area (Å²) in [6, 6.07) is 10.6. The van der Waals surface area contributed by atoms with Crippen LogP contribution in [0.15, 0.2) is 36.9 Å². The summed E-state index contributed by atoms with van der Waals surface area (Å²) in [5, 5.41) is 1.18. The summed E-state index contributed by atoms with van der Waals surface area (Å²) in [6.07, 6.45) is 4.36. The van der Waals surface area contributed by atoms with Gasteiger partial charge in [-0.1, -0.05) is 24.8 Å². The van der Waals surface area contributed by atoms with Crippen molar-refractivity contribution in [2.24, 2.45) is 0 Å². The van der Waals surface area contributed by atoms with Gasteiger partial charge in [-0.25, -0.2) is 0 Å². The van der Waals surface area contributed by atoms with Gasteiger partial charge in [-0.05, 0) is 43.5 Å². The van der Waals surface area contributed by atoms with Crippen LogP contribution in [0, 0.1) is 0 Å². The van der Waals surface area contributed by atoms with E-state index in [-0.39, 0.29) is 0 Å². The molecular formula is C17H19NO. The fourth-order valence-electron chi connectivity index (χ4n) is 2.78. The molecule has 0 radical (unpaired) electrons. The average Bonchev–Trinajstić information content (AvgIpc) is 2.46. The van der Waals surface area contributed by atoms with E-state index in [9.17, 15) is 0 Å². The van der Waals surface area contributed by atoms with Gasteiger partial charge in [-0.3, -0.25) is 4.98 Å². The molecule has 1 aromatic heterocycles. The summed E-state index contributed by atoms with van der Waals surface area (Å²) in [5.74, 6) is 0.534. The van der Waals surface area contributed by atoms with E-state index >= 15 is 0 Å². The SMILES string of the molecule is C=Cc1ccc2nc(C3CCO[C@@H](C)C3)ccc2c1. The summed E-state index contributed by atoms with van der Waals surface area (Å²) in [4.78, 5) is 4.82. The minimum Gasteiger partial charge on any atom is -0.378 e. The Labute approximate surface area is 114 Å². The van der Waals surface area contributed by atoms with Crippen LogP contribution in [-0.4, -0.2) is 17.7 Å². The molecule has 0 aliphatic carbocycles. The maximum atomic E-state index is 5.61. The Kier molecular flexibility index (Phi) is 3.34. The van der Waals surface area contributed by atoms with Crippen molar-refractivity contribution in [3.8, 4) is 0 Å². The normalized spacial score (nSPS) is 23.4. The molecule has 1 saturated heterocycles. The molecule has 2 atom stereocenters. The summed E-state index contributed by atoms with van der Waals surface area (Å²) >= 11 is 0. The molecule has 2 nitrogen and oxygen atoms in total. The maximum absolute atomic E-state index is 5.61. The second-order valence-corrected chi connectivity index (χ2v) is 5.30. The highest BCUT2D eigenvalue weighted by molar-refractivity contribution is 5.81. The first-order valence-electron chi connectivity index (χ1n) is 6.91. The van der Waals surface area contributed by atoms with Gasteiger partial charge in [0.25, 0.3) is 0 Å². The zero-order chi connectivity index (χ0) is 13.2. The van der Waals surface area contributed by atoms with E-state index in [0.717, 1.165) is 30.5 Å². The van der Waals surface area contributed by atoms with Gasteiger partial charge in [0.1, 0.15) is 0 Å². The van der Waals surface area contributed by atoms with Crippen LogP contribution in [0.4, 0.5) is 0 Å². The molecule has 1 aliphatic rings. The fraction of sp³-hybridized carbons (Fsp3) is 0.353. The number of nitrogens with zero attached hydrogens (tertiary/aromatic N) is 1. The Morgan fingerprint density at radius 2 is 2.21 bits per heavy atom. The van der Waals surface area contributed by atoms with Gasteiger partial charge in [-0.15, -0.1) is 0 Å². The lowest BCUT2D eigenvalue weighted by molar-refractivity contribution is 0.0180. The molecule has 1 unspecified atom stereocenters. The molecule has 3 rings (SSSR count). The molecule has 0 spiro atoms. The van der Waals surface area contributed by atoms with Crippen molar-refractivity contribution in [1.82, 2.24) is 4.98 Å². The highest BCUT2D eigenvalue weighted by atomic mass is 16.5. The molecule has 0 amide bonds. The third-order valence-corrected chi connectivity index (χ3v) is 3.87. The number of benzene rings is 1. The minimum atomic E-state index is 0.347. The Bertz CT molecular complexity index is 605. The van der Waals surface area contributed by atoms with Gasteiger partial charge in [0, 0.05) is 23.6 Å². The maximum Gasteiger partial charge on any atom is 0.0705 e. The molecular weight excluding hydrogens is 234 g/mol. The Morgan fingerprint density at radius 3 is 3.00 bits per heavy atom. The lowest BCUT2D eigenvalue weighted by Crippen LogP contribution is -2.22. The average molecular weight is 253 g/mol.